The average molecular weight is 583 g/mol. The summed E-state index contributed by atoms with van der Waals surface area (Å²) in [6.07, 6.45) is 8.49. The van der Waals surface area contributed by atoms with Crippen LogP contribution in [-0.2, 0) is 22.7 Å². The molecule has 0 aromatic heterocycles. The molecule has 0 spiro atoms. The number of non-ortho nitro benzene ring substituents is 1. The number of nitrogens with two attached hydrogens (primary N) is 1. The first-order valence-corrected chi connectivity index (χ1v) is 14.7. The van der Waals surface area contributed by atoms with E-state index in [1.807, 2.05) is 18.2 Å². The number of nitro benzene ring substituents is 1. The van der Waals surface area contributed by atoms with E-state index in [1.54, 1.807) is 18.2 Å². The summed E-state index contributed by atoms with van der Waals surface area (Å²) in [5, 5.41) is 10.9. The first kappa shape index (κ1) is 33.1. The Hall–Kier alpha value is -3.44. The highest BCUT2D eigenvalue weighted by atomic mass is 16.6. The van der Waals surface area contributed by atoms with Crippen LogP contribution >= 0.6 is 0 Å². The summed E-state index contributed by atoms with van der Waals surface area (Å²) in [6.45, 7) is 16.7. The summed E-state index contributed by atoms with van der Waals surface area (Å²) in [6, 6.07) is 10.3. The van der Waals surface area contributed by atoms with Crippen molar-refractivity contribution in [2.75, 3.05) is 71.4 Å². The van der Waals surface area contributed by atoms with Crippen molar-refractivity contribution in [3.8, 4) is 11.5 Å². The minimum Gasteiger partial charge on any atom is -0.492 e. The van der Waals surface area contributed by atoms with E-state index in [0.717, 1.165) is 43.2 Å². The summed E-state index contributed by atoms with van der Waals surface area (Å²) >= 11 is 0. The maximum atomic E-state index is 10.9. The number of likely N-dealkylation sites (tertiary alicyclic amines) is 2. The van der Waals surface area contributed by atoms with Crippen LogP contribution < -0.4 is 15.2 Å². The van der Waals surface area contributed by atoms with E-state index >= 15 is 0 Å². The number of ether oxygens (including phenoxy) is 4. The third kappa shape index (κ3) is 11.8. The molecule has 2 N–H and O–H groups in total. The molecule has 2 saturated heterocycles. The number of benzene rings is 2. The van der Waals surface area contributed by atoms with Crippen molar-refractivity contribution in [3.63, 3.8) is 0 Å². The van der Waals surface area contributed by atoms with Gasteiger partial charge in [-0.1, -0.05) is 12.2 Å². The van der Waals surface area contributed by atoms with Crippen LogP contribution in [0, 0.1) is 10.1 Å². The molecule has 0 saturated carbocycles. The average Bonchev–Trinajstić information content (AvgIpc) is 3.70. The van der Waals surface area contributed by atoms with Gasteiger partial charge in [0, 0.05) is 42.0 Å². The lowest BCUT2D eigenvalue weighted by Gasteiger charge is -2.17. The third-order valence-electron chi connectivity index (χ3n) is 7.05. The van der Waals surface area contributed by atoms with Crippen LogP contribution in [0.2, 0.25) is 0 Å². The topological polar surface area (TPSA) is 113 Å². The van der Waals surface area contributed by atoms with E-state index in [0.29, 0.717) is 44.3 Å². The van der Waals surface area contributed by atoms with Gasteiger partial charge in [0.1, 0.15) is 24.7 Å². The highest BCUT2D eigenvalue weighted by Crippen LogP contribution is 2.25. The van der Waals surface area contributed by atoms with Crippen LogP contribution in [0.1, 0.15) is 36.8 Å². The number of nitro groups is 1. The lowest BCUT2D eigenvalue weighted by molar-refractivity contribution is -0.385. The van der Waals surface area contributed by atoms with E-state index in [-0.39, 0.29) is 12.3 Å². The van der Waals surface area contributed by atoms with Crippen LogP contribution in [-0.4, -0.2) is 80.4 Å². The van der Waals surface area contributed by atoms with Gasteiger partial charge >= 0.3 is 0 Å². The molecular weight excluding hydrogens is 536 g/mol. The summed E-state index contributed by atoms with van der Waals surface area (Å²) in [5.41, 5.74) is 8.28. The Balaban J connectivity index is 0.000000231. The molecule has 0 unspecified atom stereocenters. The lowest BCUT2D eigenvalue weighted by atomic mass is 10.2. The second-order valence-electron chi connectivity index (χ2n) is 10.3. The van der Waals surface area contributed by atoms with Gasteiger partial charge in [-0.05, 0) is 76.1 Å². The second kappa shape index (κ2) is 18.9. The Morgan fingerprint density at radius 1 is 0.786 bits per heavy atom. The van der Waals surface area contributed by atoms with Gasteiger partial charge in [-0.15, -0.1) is 13.2 Å². The Morgan fingerprint density at radius 3 is 1.74 bits per heavy atom. The van der Waals surface area contributed by atoms with Gasteiger partial charge in [0.25, 0.3) is 5.69 Å². The number of hydrogen-bond acceptors (Lipinski definition) is 9. The van der Waals surface area contributed by atoms with Gasteiger partial charge in [-0.3, -0.25) is 19.9 Å². The van der Waals surface area contributed by atoms with Crippen LogP contribution in [0.15, 0.2) is 61.7 Å². The lowest BCUT2D eigenvalue weighted by Crippen LogP contribution is -2.25. The van der Waals surface area contributed by atoms with Gasteiger partial charge in [-0.2, -0.15) is 0 Å². The van der Waals surface area contributed by atoms with Crippen molar-refractivity contribution in [2.24, 2.45) is 0 Å². The molecular formula is C32H46N4O6. The molecule has 0 amide bonds. The molecule has 2 heterocycles. The number of hydrogen-bond donors (Lipinski definition) is 1. The number of anilines is 1. The second-order valence-corrected chi connectivity index (χ2v) is 10.3. The van der Waals surface area contributed by atoms with Crippen molar-refractivity contribution in [2.45, 2.75) is 38.9 Å². The van der Waals surface area contributed by atoms with Crippen LogP contribution in [0.4, 0.5) is 11.4 Å². The molecule has 42 heavy (non-hydrogen) atoms. The Bertz CT molecular complexity index is 1120. The number of nitrogens with zero attached hydrogens (tertiary/aromatic N) is 3. The maximum absolute atomic E-state index is 10.9. The van der Waals surface area contributed by atoms with E-state index in [4.69, 9.17) is 24.7 Å². The normalized spacial score (nSPS) is 15.1. The highest BCUT2D eigenvalue weighted by Gasteiger charge is 2.15. The van der Waals surface area contributed by atoms with Gasteiger partial charge < -0.3 is 24.7 Å². The number of rotatable bonds is 17. The first-order chi connectivity index (χ1) is 20.5. The molecule has 10 nitrogen and oxygen atoms in total. The SMILES string of the molecule is C=CCOCc1cc(N)ccc1OCCN1CCCC1.C=CCOCc1cc([N+](=O)[O-])ccc1OCCN1CCCC1. The van der Waals surface area contributed by atoms with Crippen molar-refractivity contribution in [1.29, 1.82) is 0 Å². The van der Waals surface area contributed by atoms with Gasteiger partial charge in [0.15, 0.2) is 0 Å². The zero-order valence-corrected chi connectivity index (χ0v) is 24.7. The van der Waals surface area contributed by atoms with Crippen molar-refractivity contribution in [3.05, 3.63) is 82.9 Å². The molecule has 0 bridgehead atoms. The third-order valence-corrected chi connectivity index (χ3v) is 7.05. The zero-order chi connectivity index (χ0) is 30.0. The van der Waals surface area contributed by atoms with E-state index in [9.17, 15) is 10.1 Å². The smallest absolute Gasteiger partial charge is 0.270 e. The highest BCUT2D eigenvalue weighted by molar-refractivity contribution is 5.47. The van der Waals surface area contributed by atoms with Crippen LogP contribution in [0.5, 0.6) is 11.5 Å². The quantitative estimate of drug-likeness (QED) is 0.0882. The molecule has 0 aliphatic carbocycles. The predicted molar refractivity (Wildman–Crippen MR) is 166 cm³/mol. The molecule has 4 rings (SSSR count). The fourth-order valence-corrected chi connectivity index (χ4v) is 4.87. The summed E-state index contributed by atoms with van der Waals surface area (Å²) in [5.74, 6) is 1.51. The molecule has 0 radical (unpaired) electrons. The number of nitrogen functional groups attached to an aromatic ring is 1. The Labute approximate surface area is 249 Å². The van der Waals surface area contributed by atoms with Gasteiger partial charge in [0.05, 0.1) is 31.4 Å². The molecule has 10 heteroatoms. The van der Waals surface area contributed by atoms with Crippen molar-refractivity contribution in [1.82, 2.24) is 9.80 Å². The molecule has 2 aromatic rings. The standard InChI is InChI=1S/C16H22N2O4.C16H24N2O2/c1-2-10-21-13-14-12-15(18(19)20)5-6-16(14)22-11-9-17-7-3-4-8-17;1-2-10-19-13-14-12-15(17)5-6-16(14)20-11-9-18-7-3-4-8-18/h2,5-6,12H,1,3-4,7-11,13H2;2,5-6,12H,1,3-4,7-11,13,17H2. The largest absolute Gasteiger partial charge is 0.492 e. The summed E-state index contributed by atoms with van der Waals surface area (Å²) < 4.78 is 22.5. The van der Waals surface area contributed by atoms with Crippen molar-refractivity contribution < 1.29 is 23.9 Å². The zero-order valence-electron chi connectivity index (χ0n) is 24.7. The fourth-order valence-electron chi connectivity index (χ4n) is 4.87. The van der Waals surface area contributed by atoms with E-state index in [2.05, 4.69) is 23.0 Å². The molecule has 2 fully saturated rings. The minimum absolute atomic E-state index is 0.0455. The first-order valence-electron chi connectivity index (χ1n) is 14.7. The summed E-state index contributed by atoms with van der Waals surface area (Å²) in [7, 11) is 0. The van der Waals surface area contributed by atoms with Crippen LogP contribution in [0.25, 0.3) is 0 Å². The van der Waals surface area contributed by atoms with Gasteiger partial charge in [-0.25, -0.2) is 0 Å². The molecule has 2 aliphatic heterocycles. The minimum atomic E-state index is -0.412. The molecule has 0 atom stereocenters. The van der Waals surface area contributed by atoms with E-state index < -0.39 is 4.92 Å². The molecule has 2 aromatic carbocycles. The van der Waals surface area contributed by atoms with Gasteiger partial charge in [0.2, 0.25) is 0 Å². The fraction of sp³-hybridized carbons (Fsp3) is 0.500. The van der Waals surface area contributed by atoms with E-state index in [1.165, 1.54) is 50.9 Å². The molecule has 230 valence electrons. The predicted octanol–water partition coefficient (Wildman–Crippen LogP) is 5.22. The van der Waals surface area contributed by atoms with Crippen molar-refractivity contribution >= 4 is 11.4 Å². The Morgan fingerprint density at radius 2 is 1.26 bits per heavy atom. The monoisotopic (exact) mass is 582 g/mol. The summed E-state index contributed by atoms with van der Waals surface area (Å²) in [4.78, 5) is 15.3. The van der Waals surface area contributed by atoms with Crippen LogP contribution in [0.3, 0.4) is 0 Å². The Kier molecular flexibility index (Phi) is 14.9. The molecule has 2 aliphatic rings. The maximum Gasteiger partial charge on any atom is 0.270 e.